The number of nitrogens with one attached hydrogen (secondary N) is 3. The maximum Gasteiger partial charge on any atom is 0.490 e. The zero-order chi connectivity index (χ0) is 57.8. The topological polar surface area (TPSA) is 546 Å². The zero-order valence-corrected chi connectivity index (χ0v) is 45.2. The monoisotopic (exact) mass is 1220 g/mol. The van der Waals surface area contributed by atoms with Crippen LogP contribution in [0.15, 0.2) is 34.9 Å². The standard InChI is InChI=1S/C36H51N15O25P4/c1-39-26-17-27(41-10-40-26)49(11-42-17)34-25(66-4)24(74-77(57,58)68-7-14-20(52)21(53)32(71-14)50-12-43-18-28(50)44-35(37)46-30(18)55)16(73-34)9-70-79(61,62)76-80(63,64)75-78(59,60)69-8-15-23(67-6-5-65-3)22(54)33(72-15)51-13-48(2)19-29(51)45-36(38)47-31(19)56/h10-16,20-25,32-34,52-54H,5-9H2,1-4H3,(H10-,37,38,39,40,41,44,45,46,47,55,56,57,58,59,60,61,62,63,64)/p+1/t14-,15-,16-,20?,21+,22?,23+,24?,25+,32-,33-,34-/m1/s1. The Bertz CT molecular complexity index is 3570. The number of nitrogens with two attached hydrogens (primary N) is 2. The number of hydrogen-bond donors (Lipinski definition) is 12. The van der Waals surface area contributed by atoms with Gasteiger partial charge in [-0.2, -0.15) is 13.6 Å². The average molecular weight is 1220 g/mol. The number of H-pyrrole nitrogens is 2. The number of aromatic nitrogens is 12. The van der Waals surface area contributed by atoms with Crippen LogP contribution in [0.3, 0.4) is 0 Å². The lowest BCUT2D eigenvalue weighted by Crippen LogP contribution is -2.46. The fourth-order valence-corrected chi connectivity index (χ4v) is 13.4. The molecule has 3 saturated heterocycles. The first-order valence-electron chi connectivity index (χ1n) is 23.1. The molecule has 7 unspecified atom stereocenters. The summed E-state index contributed by atoms with van der Waals surface area (Å²) in [5.41, 5.74) is 9.96. The van der Waals surface area contributed by atoms with Gasteiger partial charge in [-0.25, -0.2) is 42.8 Å². The SMILES string of the molecule is CNc1ncnc2c1ncn2[C@@H]1O[C@H](COP(=O)(O)OP(=O)(O)OP(=O)(O)OC[C@H]2O[C@@H]([n+]3cn(C)c4c(=O)[nH]c(N)nc43)C(O)[C@H]2OCCOC)C(OP(=O)(O)OC[C@H]2O[C@@H](n3cnc4c(=O)[nH]c(N)nc43)[C@@H](O)C2O)[C@@H]1OC. The molecule has 3 aliphatic rings. The van der Waals surface area contributed by atoms with Crippen molar-refractivity contribution < 1.29 is 113 Å². The van der Waals surface area contributed by atoms with Gasteiger partial charge in [0.2, 0.25) is 17.7 Å². The van der Waals surface area contributed by atoms with E-state index in [1.165, 1.54) is 40.5 Å². The zero-order valence-electron chi connectivity index (χ0n) is 41.7. The van der Waals surface area contributed by atoms with Gasteiger partial charge in [0.25, 0.3) is 17.1 Å². The molecule has 0 aliphatic carbocycles. The van der Waals surface area contributed by atoms with Gasteiger partial charge in [0.15, 0.2) is 41.4 Å². The molecule has 0 aromatic carbocycles. The number of ether oxygens (including phenoxy) is 6. The van der Waals surface area contributed by atoms with Crippen LogP contribution in [0, 0.1) is 0 Å². The number of nitrogens with zero attached hydrogens (tertiary/aromatic N) is 10. The van der Waals surface area contributed by atoms with Crippen molar-refractivity contribution in [1.29, 1.82) is 0 Å². The third-order valence-electron chi connectivity index (χ3n) is 12.3. The van der Waals surface area contributed by atoms with Crippen LogP contribution in [0.2, 0.25) is 0 Å². The quantitative estimate of drug-likeness (QED) is 0.0158. The highest BCUT2D eigenvalue weighted by Gasteiger charge is 2.54. The van der Waals surface area contributed by atoms with Crippen molar-refractivity contribution in [1.82, 2.24) is 53.6 Å². The van der Waals surface area contributed by atoms with Gasteiger partial charge in [0.1, 0.15) is 66.8 Å². The van der Waals surface area contributed by atoms with Crippen molar-refractivity contribution >= 4 is 82.5 Å². The summed E-state index contributed by atoms with van der Waals surface area (Å²) in [5, 5.41) is 36.0. The van der Waals surface area contributed by atoms with E-state index >= 15 is 0 Å². The molecule has 80 heavy (non-hydrogen) atoms. The second kappa shape index (κ2) is 23.2. The normalized spacial score (nSPS) is 29.3. The van der Waals surface area contributed by atoms with Gasteiger partial charge in [-0.3, -0.25) is 51.4 Å². The van der Waals surface area contributed by atoms with Crippen molar-refractivity contribution in [3.63, 3.8) is 0 Å². The number of nitrogen functional groups attached to an aromatic ring is 2. The maximum absolute atomic E-state index is 13.8. The molecule has 0 spiro atoms. The molecule has 14 N–H and O–H groups in total. The Kier molecular flexibility index (Phi) is 17.3. The first kappa shape index (κ1) is 59.4. The van der Waals surface area contributed by atoms with E-state index in [1.54, 1.807) is 7.05 Å². The smallest absolute Gasteiger partial charge is 0.387 e. The first-order chi connectivity index (χ1) is 37.7. The molecule has 9 heterocycles. The van der Waals surface area contributed by atoms with E-state index < -0.39 is 136 Å². The van der Waals surface area contributed by atoms with Crippen LogP contribution in [0.4, 0.5) is 17.7 Å². The highest BCUT2D eigenvalue weighted by atomic mass is 31.3. The van der Waals surface area contributed by atoms with Crippen LogP contribution in [0.5, 0.6) is 0 Å². The number of phosphoric acid groups is 4. The van der Waals surface area contributed by atoms with Crippen LogP contribution in [-0.2, 0) is 80.4 Å². The van der Waals surface area contributed by atoms with Gasteiger partial charge in [-0.15, -0.1) is 0 Å². The van der Waals surface area contributed by atoms with Crippen LogP contribution in [-0.4, -0.2) is 198 Å². The molecule has 16 atom stereocenters. The van der Waals surface area contributed by atoms with Gasteiger partial charge in [0.05, 0.1) is 52.7 Å². The minimum atomic E-state index is -6.21. The number of anilines is 3. The molecule has 44 heteroatoms. The molecular formula is C36H52N15O25P4+. The van der Waals surface area contributed by atoms with Gasteiger partial charge in [-0.05, 0) is 0 Å². The number of methoxy groups -OCH3 is 2. The van der Waals surface area contributed by atoms with Crippen molar-refractivity contribution in [2.75, 3.05) is 71.1 Å². The van der Waals surface area contributed by atoms with Gasteiger partial charge in [0, 0.05) is 21.3 Å². The van der Waals surface area contributed by atoms with E-state index in [4.69, 9.17) is 58.0 Å². The average Bonchev–Trinajstić information content (AvgIpc) is 4.29. The first-order valence-corrected chi connectivity index (χ1v) is 29.1. The number of hydrogen-bond acceptors (Lipinski definition) is 30. The summed E-state index contributed by atoms with van der Waals surface area (Å²) >= 11 is 0. The van der Waals surface area contributed by atoms with Crippen molar-refractivity contribution in [2.24, 2.45) is 7.05 Å². The molecule has 9 rings (SSSR count). The second-order valence-electron chi connectivity index (χ2n) is 17.5. The van der Waals surface area contributed by atoms with E-state index in [9.17, 15) is 62.7 Å². The third-order valence-corrected chi connectivity index (χ3v) is 17.6. The highest BCUT2D eigenvalue weighted by molar-refractivity contribution is 7.66. The Balaban J connectivity index is 0.878. The van der Waals surface area contributed by atoms with E-state index in [1.807, 2.05) is 0 Å². The molecule has 440 valence electrons. The molecule has 0 radical (unpaired) electrons. The number of aryl methyl sites for hydroxylation is 1. The number of aromatic amines is 2. The summed E-state index contributed by atoms with van der Waals surface area (Å²) < 4.78 is 122. The van der Waals surface area contributed by atoms with Crippen molar-refractivity contribution in [3.05, 3.63) is 46.0 Å². The van der Waals surface area contributed by atoms with E-state index in [0.717, 1.165) is 24.3 Å². The Morgan fingerprint density at radius 1 is 0.700 bits per heavy atom. The van der Waals surface area contributed by atoms with Crippen LogP contribution in [0.1, 0.15) is 18.7 Å². The Morgan fingerprint density at radius 3 is 1.96 bits per heavy atom. The fraction of sp³-hybridized carbons (Fsp3) is 0.583. The number of aliphatic hydroxyl groups is 3. The molecular weight excluding hydrogens is 1170 g/mol. The summed E-state index contributed by atoms with van der Waals surface area (Å²) in [6.45, 7) is -3.43. The molecule has 0 bridgehead atoms. The molecule has 0 saturated carbocycles. The largest absolute Gasteiger partial charge is 0.490 e. The van der Waals surface area contributed by atoms with Crippen LogP contribution >= 0.6 is 31.3 Å². The van der Waals surface area contributed by atoms with Crippen LogP contribution < -0.4 is 32.5 Å². The predicted molar refractivity (Wildman–Crippen MR) is 260 cm³/mol. The number of fused-ring (bicyclic) bond motifs is 3. The van der Waals surface area contributed by atoms with E-state index in [-0.39, 0.29) is 64.4 Å². The molecule has 3 aliphatic heterocycles. The minimum Gasteiger partial charge on any atom is -0.387 e. The lowest BCUT2D eigenvalue weighted by atomic mass is 10.1. The molecule has 0 amide bonds. The molecule has 40 nitrogen and oxygen atoms in total. The number of aliphatic hydroxyl groups excluding tert-OH is 3. The number of phosphoric ester groups is 3. The van der Waals surface area contributed by atoms with Gasteiger partial charge < -0.3 is 80.1 Å². The number of imidazole rings is 3. The van der Waals surface area contributed by atoms with E-state index in [0.29, 0.717) is 0 Å². The second-order valence-corrected chi connectivity index (χ2v) is 23.6. The summed E-state index contributed by atoms with van der Waals surface area (Å²) in [4.78, 5) is 97.2. The van der Waals surface area contributed by atoms with Crippen LogP contribution in [0.25, 0.3) is 33.5 Å². The summed E-state index contributed by atoms with van der Waals surface area (Å²) in [6, 6.07) is 0. The Hall–Kier alpha value is -5.19. The molecule has 3 fully saturated rings. The molecule has 6 aromatic heterocycles. The maximum atomic E-state index is 13.8. The van der Waals surface area contributed by atoms with Gasteiger partial charge in [-0.1, -0.05) is 4.98 Å². The lowest BCUT2D eigenvalue weighted by molar-refractivity contribution is -0.745. The van der Waals surface area contributed by atoms with Crippen molar-refractivity contribution in [2.45, 2.75) is 73.6 Å². The van der Waals surface area contributed by atoms with Crippen molar-refractivity contribution in [3.8, 4) is 0 Å². The molecule has 6 aromatic rings. The third kappa shape index (κ3) is 12.3. The summed E-state index contributed by atoms with van der Waals surface area (Å²) in [6.07, 6.45) is -14.5. The fourth-order valence-electron chi connectivity index (χ4n) is 8.91. The highest BCUT2D eigenvalue weighted by Crippen LogP contribution is 2.68. The summed E-state index contributed by atoms with van der Waals surface area (Å²) in [5.74, 6) is -0.342. The Labute approximate surface area is 445 Å². The number of rotatable bonds is 24. The Morgan fingerprint density at radius 2 is 1.30 bits per heavy atom. The van der Waals surface area contributed by atoms with Gasteiger partial charge >= 0.3 is 36.9 Å². The van der Waals surface area contributed by atoms with E-state index in [2.05, 4.69) is 53.8 Å². The lowest BCUT2D eigenvalue weighted by Gasteiger charge is -2.26. The predicted octanol–water partition coefficient (Wildman–Crippen LogP) is -3.58. The summed E-state index contributed by atoms with van der Waals surface area (Å²) in [7, 11) is -18.0. The minimum absolute atomic E-state index is 0.00399.